The van der Waals surface area contributed by atoms with Gasteiger partial charge in [0.15, 0.2) is 0 Å². The van der Waals surface area contributed by atoms with Crippen molar-refractivity contribution in [3.05, 3.63) is 29.3 Å². The lowest BCUT2D eigenvalue weighted by molar-refractivity contribution is 0.356. The lowest BCUT2D eigenvalue weighted by Crippen LogP contribution is -2.39. The average molecular weight is 232 g/mol. The van der Waals surface area contributed by atoms with Gasteiger partial charge in [0.2, 0.25) is 0 Å². The molecule has 1 fully saturated rings. The molecule has 0 bridgehead atoms. The van der Waals surface area contributed by atoms with Gasteiger partial charge in [-0.3, -0.25) is 0 Å². The van der Waals surface area contributed by atoms with Crippen LogP contribution in [0.3, 0.4) is 0 Å². The maximum Gasteiger partial charge on any atom is 0.0441 e. The standard InChI is InChI=1S/C15H24N2/c1-11-7-12(2)10-17(9-11)15-13(3)5-4-6-14(15)8-16/h4-6,11-12H,7-10,16H2,1-3H3. The molecular formula is C15H24N2. The summed E-state index contributed by atoms with van der Waals surface area (Å²) in [5, 5.41) is 0. The number of nitrogens with zero attached hydrogens (tertiary/aromatic N) is 1. The molecule has 1 aliphatic rings. The number of hydrogen-bond acceptors (Lipinski definition) is 2. The van der Waals surface area contributed by atoms with E-state index in [1.54, 1.807) is 0 Å². The molecule has 2 nitrogen and oxygen atoms in total. The van der Waals surface area contributed by atoms with E-state index in [9.17, 15) is 0 Å². The predicted octanol–water partition coefficient (Wildman–Crippen LogP) is 2.94. The molecule has 1 saturated heterocycles. The minimum absolute atomic E-state index is 0.635. The highest BCUT2D eigenvalue weighted by atomic mass is 15.1. The Morgan fingerprint density at radius 2 is 1.88 bits per heavy atom. The zero-order valence-electron chi connectivity index (χ0n) is 11.2. The molecule has 2 N–H and O–H groups in total. The predicted molar refractivity (Wildman–Crippen MR) is 74.2 cm³/mol. The van der Waals surface area contributed by atoms with Crippen molar-refractivity contribution >= 4 is 5.69 Å². The van der Waals surface area contributed by atoms with E-state index in [2.05, 4.69) is 43.9 Å². The van der Waals surface area contributed by atoms with Gasteiger partial charge < -0.3 is 10.6 Å². The molecule has 17 heavy (non-hydrogen) atoms. The molecule has 1 aliphatic heterocycles. The highest BCUT2D eigenvalue weighted by molar-refractivity contribution is 5.59. The summed E-state index contributed by atoms with van der Waals surface area (Å²) in [4.78, 5) is 2.54. The first kappa shape index (κ1) is 12.4. The molecule has 0 spiro atoms. The Labute approximate surface area is 105 Å². The summed E-state index contributed by atoms with van der Waals surface area (Å²) in [7, 11) is 0. The lowest BCUT2D eigenvalue weighted by atomic mass is 9.90. The van der Waals surface area contributed by atoms with Crippen LogP contribution < -0.4 is 10.6 Å². The van der Waals surface area contributed by atoms with Crippen molar-refractivity contribution in [2.24, 2.45) is 17.6 Å². The van der Waals surface area contributed by atoms with Gasteiger partial charge in [0.25, 0.3) is 0 Å². The van der Waals surface area contributed by atoms with Gasteiger partial charge in [0, 0.05) is 25.3 Å². The molecule has 2 unspecified atom stereocenters. The summed E-state index contributed by atoms with van der Waals surface area (Å²) in [6.07, 6.45) is 1.35. The van der Waals surface area contributed by atoms with E-state index in [1.165, 1.54) is 36.3 Å². The fourth-order valence-electron chi connectivity index (χ4n) is 3.18. The van der Waals surface area contributed by atoms with Gasteiger partial charge in [-0.15, -0.1) is 0 Å². The number of hydrogen-bond donors (Lipinski definition) is 1. The zero-order valence-corrected chi connectivity index (χ0v) is 11.2. The first-order valence-electron chi connectivity index (χ1n) is 6.65. The van der Waals surface area contributed by atoms with E-state index < -0.39 is 0 Å². The normalized spacial score (nSPS) is 25.1. The van der Waals surface area contributed by atoms with Crippen LogP contribution in [0, 0.1) is 18.8 Å². The van der Waals surface area contributed by atoms with E-state index in [-0.39, 0.29) is 0 Å². The zero-order chi connectivity index (χ0) is 12.4. The molecule has 0 saturated carbocycles. The highest BCUT2D eigenvalue weighted by Crippen LogP contribution is 2.31. The van der Waals surface area contributed by atoms with Crippen LogP contribution in [0.25, 0.3) is 0 Å². The molecule has 2 atom stereocenters. The van der Waals surface area contributed by atoms with Crippen LogP contribution in [-0.4, -0.2) is 13.1 Å². The SMILES string of the molecule is Cc1cccc(CN)c1N1CC(C)CC(C)C1. The van der Waals surface area contributed by atoms with Crippen molar-refractivity contribution in [1.29, 1.82) is 0 Å². The van der Waals surface area contributed by atoms with Gasteiger partial charge in [-0.25, -0.2) is 0 Å². The van der Waals surface area contributed by atoms with Crippen LogP contribution in [0.15, 0.2) is 18.2 Å². The third-order valence-corrected chi connectivity index (χ3v) is 3.73. The number of anilines is 1. The number of nitrogens with two attached hydrogens (primary N) is 1. The van der Waals surface area contributed by atoms with Gasteiger partial charge in [0.1, 0.15) is 0 Å². The van der Waals surface area contributed by atoms with E-state index in [0.717, 1.165) is 11.8 Å². The molecule has 0 amide bonds. The Balaban J connectivity index is 2.32. The second-order valence-electron chi connectivity index (χ2n) is 5.64. The third kappa shape index (κ3) is 2.63. The van der Waals surface area contributed by atoms with Crippen molar-refractivity contribution in [1.82, 2.24) is 0 Å². The number of piperidine rings is 1. The van der Waals surface area contributed by atoms with E-state index in [0.29, 0.717) is 6.54 Å². The summed E-state index contributed by atoms with van der Waals surface area (Å²) in [6, 6.07) is 6.46. The Hall–Kier alpha value is -1.02. The topological polar surface area (TPSA) is 29.3 Å². The van der Waals surface area contributed by atoms with Crippen LogP contribution in [0.5, 0.6) is 0 Å². The molecule has 0 aromatic heterocycles. The van der Waals surface area contributed by atoms with Gasteiger partial charge in [-0.2, -0.15) is 0 Å². The minimum Gasteiger partial charge on any atom is -0.371 e. The third-order valence-electron chi connectivity index (χ3n) is 3.73. The Morgan fingerprint density at radius 3 is 2.47 bits per heavy atom. The fraction of sp³-hybridized carbons (Fsp3) is 0.600. The van der Waals surface area contributed by atoms with Crippen molar-refractivity contribution in [2.45, 2.75) is 33.7 Å². The summed E-state index contributed by atoms with van der Waals surface area (Å²) in [5.74, 6) is 1.56. The van der Waals surface area contributed by atoms with Crippen LogP contribution in [-0.2, 0) is 6.54 Å². The van der Waals surface area contributed by atoms with Crippen molar-refractivity contribution in [2.75, 3.05) is 18.0 Å². The molecule has 1 aromatic rings. The molecule has 2 rings (SSSR count). The Morgan fingerprint density at radius 1 is 1.24 bits per heavy atom. The summed E-state index contributed by atoms with van der Waals surface area (Å²) < 4.78 is 0. The van der Waals surface area contributed by atoms with Crippen LogP contribution >= 0.6 is 0 Å². The van der Waals surface area contributed by atoms with E-state index in [4.69, 9.17) is 5.73 Å². The quantitative estimate of drug-likeness (QED) is 0.849. The molecule has 1 heterocycles. The number of para-hydroxylation sites is 1. The average Bonchev–Trinajstić information content (AvgIpc) is 2.27. The van der Waals surface area contributed by atoms with E-state index in [1.807, 2.05) is 0 Å². The summed E-state index contributed by atoms with van der Waals surface area (Å²) >= 11 is 0. The Bertz CT molecular complexity index is 377. The van der Waals surface area contributed by atoms with Crippen molar-refractivity contribution in [3.63, 3.8) is 0 Å². The summed E-state index contributed by atoms with van der Waals surface area (Å²) in [5.41, 5.74) is 9.89. The second-order valence-corrected chi connectivity index (χ2v) is 5.64. The largest absolute Gasteiger partial charge is 0.371 e. The molecule has 94 valence electrons. The molecule has 1 aromatic carbocycles. The number of benzene rings is 1. The Kier molecular flexibility index (Phi) is 3.72. The first-order valence-corrected chi connectivity index (χ1v) is 6.65. The van der Waals surface area contributed by atoms with Gasteiger partial charge in [-0.1, -0.05) is 32.0 Å². The number of aryl methyl sites for hydroxylation is 1. The highest BCUT2D eigenvalue weighted by Gasteiger charge is 2.24. The maximum atomic E-state index is 5.87. The minimum atomic E-state index is 0.635. The molecule has 0 radical (unpaired) electrons. The van der Waals surface area contributed by atoms with Crippen LogP contribution in [0.1, 0.15) is 31.4 Å². The fourth-order valence-corrected chi connectivity index (χ4v) is 3.18. The molecule has 0 aliphatic carbocycles. The van der Waals surface area contributed by atoms with Gasteiger partial charge in [0.05, 0.1) is 0 Å². The monoisotopic (exact) mass is 232 g/mol. The van der Waals surface area contributed by atoms with Crippen LogP contribution in [0.4, 0.5) is 5.69 Å². The maximum absolute atomic E-state index is 5.87. The van der Waals surface area contributed by atoms with Gasteiger partial charge >= 0.3 is 0 Å². The second kappa shape index (κ2) is 5.09. The van der Waals surface area contributed by atoms with Crippen molar-refractivity contribution < 1.29 is 0 Å². The summed E-state index contributed by atoms with van der Waals surface area (Å²) in [6.45, 7) is 9.87. The lowest BCUT2D eigenvalue weighted by Gasteiger charge is -2.38. The smallest absolute Gasteiger partial charge is 0.0441 e. The number of rotatable bonds is 2. The van der Waals surface area contributed by atoms with Gasteiger partial charge in [-0.05, 0) is 36.3 Å². The first-order chi connectivity index (χ1) is 8.11. The van der Waals surface area contributed by atoms with Crippen LogP contribution in [0.2, 0.25) is 0 Å². The molecular weight excluding hydrogens is 208 g/mol. The van der Waals surface area contributed by atoms with Crippen molar-refractivity contribution in [3.8, 4) is 0 Å². The molecule has 2 heteroatoms. The van der Waals surface area contributed by atoms with E-state index >= 15 is 0 Å².